The van der Waals surface area contributed by atoms with E-state index in [1.54, 1.807) is 11.8 Å². The standard InChI is InChI=1S/C18H28N2O2S/c1-3-20(4-2)14-16-7-5-6-15(12-16)13-19-17(21)18(22)8-10-23-11-9-18/h5-7,12,22H,3-4,8-11,13-14H2,1-2H3,(H,19,21). The predicted molar refractivity (Wildman–Crippen MR) is 96.4 cm³/mol. The molecule has 1 saturated heterocycles. The van der Waals surface area contributed by atoms with Crippen LogP contribution < -0.4 is 5.32 Å². The van der Waals surface area contributed by atoms with Crippen molar-refractivity contribution in [1.29, 1.82) is 0 Å². The normalized spacial score (nSPS) is 17.2. The molecule has 1 aliphatic rings. The number of amides is 1. The first kappa shape index (κ1) is 18.3. The largest absolute Gasteiger partial charge is 0.380 e. The Morgan fingerprint density at radius 2 is 1.91 bits per heavy atom. The molecule has 0 spiro atoms. The molecular formula is C18H28N2O2S. The van der Waals surface area contributed by atoms with Gasteiger partial charge in [0, 0.05) is 13.1 Å². The summed E-state index contributed by atoms with van der Waals surface area (Å²) in [7, 11) is 0. The molecule has 1 aromatic rings. The molecule has 0 aliphatic carbocycles. The number of benzene rings is 1. The molecule has 1 aromatic carbocycles. The van der Waals surface area contributed by atoms with Crippen molar-refractivity contribution in [3.05, 3.63) is 35.4 Å². The van der Waals surface area contributed by atoms with E-state index in [1.165, 1.54) is 5.56 Å². The van der Waals surface area contributed by atoms with Gasteiger partial charge >= 0.3 is 0 Å². The van der Waals surface area contributed by atoms with Crippen LogP contribution in [0.5, 0.6) is 0 Å². The molecule has 0 saturated carbocycles. The lowest BCUT2D eigenvalue weighted by Crippen LogP contribution is -2.48. The fourth-order valence-electron chi connectivity index (χ4n) is 2.83. The molecule has 0 radical (unpaired) electrons. The summed E-state index contributed by atoms with van der Waals surface area (Å²) in [6.07, 6.45) is 1.09. The maximum atomic E-state index is 12.3. The molecule has 0 bridgehead atoms. The van der Waals surface area contributed by atoms with E-state index in [0.717, 1.165) is 36.7 Å². The highest BCUT2D eigenvalue weighted by atomic mass is 32.2. The average molecular weight is 337 g/mol. The fraction of sp³-hybridized carbons (Fsp3) is 0.611. The first-order chi connectivity index (χ1) is 11.1. The van der Waals surface area contributed by atoms with E-state index >= 15 is 0 Å². The molecule has 23 heavy (non-hydrogen) atoms. The van der Waals surface area contributed by atoms with E-state index < -0.39 is 5.60 Å². The number of hydrogen-bond donors (Lipinski definition) is 2. The molecule has 128 valence electrons. The van der Waals surface area contributed by atoms with Crippen molar-refractivity contribution in [2.45, 2.75) is 45.4 Å². The van der Waals surface area contributed by atoms with Crippen molar-refractivity contribution in [2.75, 3.05) is 24.6 Å². The molecule has 1 heterocycles. The quantitative estimate of drug-likeness (QED) is 0.803. The first-order valence-corrected chi connectivity index (χ1v) is 9.61. The van der Waals surface area contributed by atoms with E-state index in [9.17, 15) is 9.90 Å². The molecule has 0 unspecified atom stereocenters. The third-order valence-electron chi connectivity index (χ3n) is 4.49. The highest BCUT2D eigenvalue weighted by Crippen LogP contribution is 2.27. The lowest BCUT2D eigenvalue weighted by molar-refractivity contribution is -0.140. The molecule has 1 amide bonds. The SMILES string of the molecule is CCN(CC)Cc1cccc(CNC(=O)C2(O)CCSCC2)c1. The Kier molecular flexibility index (Phi) is 6.93. The minimum absolute atomic E-state index is 0.230. The summed E-state index contributed by atoms with van der Waals surface area (Å²) >= 11 is 1.80. The van der Waals surface area contributed by atoms with E-state index in [-0.39, 0.29) is 5.91 Å². The molecule has 0 aromatic heterocycles. The summed E-state index contributed by atoms with van der Waals surface area (Å²) in [5.41, 5.74) is 1.16. The summed E-state index contributed by atoms with van der Waals surface area (Å²) in [6, 6.07) is 8.31. The number of carbonyl (C=O) groups is 1. The summed E-state index contributed by atoms with van der Waals surface area (Å²) in [5, 5.41) is 13.3. The zero-order chi connectivity index (χ0) is 16.7. The van der Waals surface area contributed by atoms with Gasteiger partial charge in [0.1, 0.15) is 5.60 Å². The topological polar surface area (TPSA) is 52.6 Å². The molecule has 4 nitrogen and oxygen atoms in total. The maximum Gasteiger partial charge on any atom is 0.252 e. The second kappa shape index (κ2) is 8.71. The third-order valence-corrected chi connectivity index (χ3v) is 5.47. The van der Waals surface area contributed by atoms with Gasteiger partial charge in [0.15, 0.2) is 0 Å². The van der Waals surface area contributed by atoms with Crippen molar-refractivity contribution in [3.63, 3.8) is 0 Å². The van der Waals surface area contributed by atoms with Crippen LogP contribution in [-0.4, -0.2) is 46.1 Å². The Bertz CT molecular complexity index is 511. The molecular weight excluding hydrogens is 308 g/mol. The Balaban J connectivity index is 1.91. The number of carbonyl (C=O) groups excluding carboxylic acids is 1. The Morgan fingerprint density at radius 1 is 1.26 bits per heavy atom. The number of nitrogens with zero attached hydrogens (tertiary/aromatic N) is 1. The highest BCUT2D eigenvalue weighted by molar-refractivity contribution is 7.99. The van der Waals surface area contributed by atoms with Gasteiger partial charge in [-0.2, -0.15) is 11.8 Å². The summed E-state index contributed by atoms with van der Waals surface area (Å²) in [6.45, 7) is 7.79. The van der Waals surface area contributed by atoms with Gasteiger partial charge in [-0.1, -0.05) is 38.1 Å². The van der Waals surface area contributed by atoms with E-state index in [4.69, 9.17) is 0 Å². The lowest BCUT2D eigenvalue weighted by atomic mass is 9.95. The van der Waals surface area contributed by atoms with Crippen LogP contribution in [-0.2, 0) is 17.9 Å². The van der Waals surface area contributed by atoms with E-state index in [2.05, 4.69) is 36.2 Å². The Hall–Kier alpha value is -1.04. The van der Waals surface area contributed by atoms with Crippen LogP contribution in [0.3, 0.4) is 0 Å². The van der Waals surface area contributed by atoms with Crippen molar-refractivity contribution < 1.29 is 9.90 Å². The number of nitrogens with one attached hydrogen (secondary N) is 1. The van der Waals surface area contributed by atoms with E-state index in [1.807, 2.05) is 12.1 Å². The van der Waals surface area contributed by atoms with Crippen LogP contribution >= 0.6 is 11.8 Å². The molecule has 0 atom stereocenters. The summed E-state index contributed by atoms with van der Waals surface area (Å²) in [5.74, 6) is 1.47. The number of hydrogen-bond acceptors (Lipinski definition) is 4. The molecule has 2 rings (SSSR count). The van der Waals surface area contributed by atoms with Crippen molar-refractivity contribution in [1.82, 2.24) is 10.2 Å². The zero-order valence-corrected chi connectivity index (χ0v) is 15.0. The molecule has 5 heteroatoms. The first-order valence-electron chi connectivity index (χ1n) is 8.46. The van der Waals surface area contributed by atoms with Gasteiger partial charge in [0.25, 0.3) is 5.91 Å². The second-order valence-electron chi connectivity index (χ2n) is 6.11. The monoisotopic (exact) mass is 336 g/mol. The Labute approximate surface area is 143 Å². The molecule has 2 N–H and O–H groups in total. The Morgan fingerprint density at radius 3 is 2.57 bits per heavy atom. The zero-order valence-electron chi connectivity index (χ0n) is 14.2. The van der Waals surface area contributed by atoms with Gasteiger partial charge < -0.3 is 10.4 Å². The number of thioether (sulfide) groups is 1. The van der Waals surface area contributed by atoms with Crippen LogP contribution in [0.15, 0.2) is 24.3 Å². The highest BCUT2D eigenvalue weighted by Gasteiger charge is 2.37. The van der Waals surface area contributed by atoms with Gasteiger partial charge in [-0.3, -0.25) is 9.69 Å². The van der Waals surface area contributed by atoms with Gasteiger partial charge in [0.05, 0.1) is 0 Å². The van der Waals surface area contributed by atoms with Crippen molar-refractivity contribution in [3.8, 4) is 0 Å². The van der Waals surface area contributed by atoms with Crippen LogP contribution in [0.25, 0.3) is 0 Å². The number of aliphatic hydroxyl groups is 1. The van der Waals surface area contributed by atoms with Crippen molar-refractivity contribution in [2.24, 2.45) is 0 Å². The summed E-state index contributed by atoms with van der Waals surface area (Å²) in [4.78, 5) is 14.6. The van der Waals surface area contributed by atoms with Crippen LogP contribution in [0, 0.1) is 0 Å². The lowest BCUT2D eigenvalue weighted by Gasteiger charge is -2.30. The maximum absolute atomic E-state index is 12.3. The minimum atomic E-state index is -1.18. The average Bonchev–Trinajstić information content (AvgIpc) is 2.58. The van der Waals surface area contributed by atoms with Gasteiger partial charge in [-0.25, -0.2) is 0 Å². The van der Waals surface area contributed by atoms with Crippen molar-refractivity contribution >= 4 is 17.7 Å². The summed E-state index contributed by atoms with van der Waals surface area (Å²) < 4.78 is 0. The number of rotatable bonds is 7. The third kappa shape index (κ3) is 5.23. The smallest absolute Gasteiger partial charge is 0.252 e. The fourth-order valence-corrected chi connectivity index (χ4v) is 3.99. The van der Waals surface area contributed by atoms with E-state index in [0.29, 0.717) is 19.4 Å². The van der Waals surface area contributed by atoms with Gasteiger partial charge in [-0.05, 0) is 48.6 Å². The van der Waals surface area contributed by atoms with Gasteiger partial charge in [-0.15, -0.1) is 0 Å². The second-order valence-corrected chi connectivity index (χ2v) is 7.33. The van der Waals surface area contributed by atoms with Crippen LogP contribution in [0.2, 0.25) is 0 Å². The van der Waals surface area contributed by atoms with Crippen LogP contribution in [0.1, 0.15) is 37.8 Å². The molecule has 1 fully saturated rings. The molecule has 1 aliphatic heterocycles. The predicted octanol–water partition coefficient (Wildman–Crippen LogP) is 2.40. The minimum Gasteiger partial charge on any atom is -0.380 e. The van der Waals surface area contributed by atoms with Gasteiger partial charge in [0.2, 0.25) is 0 Å². The van der Waals surface area contributed by atoms with Crippen LogP contribution in [0.4, 0.5) is 0 Å².